The first-order chi connectivity index (χ1) is 18.5. The van der Waals surface area contributed by atoms with Gasteiger partial charge in [-0.05, 0) is 69.6 Å². The van der Waals surface area contributed by atoms with Gasteiger partial charge in [0.1, 0.15) is 5.82 Å². The lowest BCUT2D eigenvalue weighted by Gasteiger charge is -2.30. The zero-order valence-corrected chi connectivity index (χ0v) is 22.6. The molecular weight excluding hydrogens is 478 g/mol. The molecule has 2 aliphatic rings. The Hall–Kier alpha value is -3.68. The highest BCUT2D eigenvalue weighted by molar-refractivity contribution is 5.93. The Balaban J connectivity index is 1.13. The van der Waals surface area contributed by atoms with Crippen molar-refractivity contribution in [1.29, 1.82) is 0 Å². The van der Waals surface area contributed by atoms with Crippen LogP contribution in [0.15, 0.2) is 48.5 Å². The Kier molecular flexibility index (Phi) is 8.05. The molecule has 0 radical (unpaired) electrons. The van der Waals surface area contributed by atoms with Crippen LogP contribution in [0, 0.1) is 0 Å². The van der Waals surface area contributed by atoms with Gasteiger partial charge in [-0.2, -0.15) is 0 Å². The average molecular weight is 518 g/mol. The lowest BCUT2D eigenvalue weighted by atomic mass is 9.91. The number of anilines is 3. The van der Waals surface area contributed by atoms with Crippen molar-refractivity contribution in [2.24, 2.45) is 0 Å². The van der Waals surface area contributed by atoms with Crippen molar-refractivity contribution in [3.63, 3.8) is 0 Å². The summed E-state index contributed by atoms with van der Waals surface area (Å²) >= 11 is 0. The number of amides is 2. The van der Waals surface area contributed by atoms with Gasteiger partial charge in [-0.15, -0.1) is 0 Å². The largest absolute Gasteiger partial charge is 0.493 e. The summed E-state index contributed by atoms with van der Waals surface area (Å²) in [4.78, 5) is 19.7. The molecule has 0 spiro atoms. The maximum Gasteiger partial charge on any atom is 0.319 e. The second-order valence-electron chi connectivity index (χ2n) is 10.6. The Bertz CT molecular complexity index is 1250. The van der Waals surface area contributed by atoms with E-state index < -0.39 is 0 Å². The number of hydrogen-bond acceptors (Lipinski definition) is 6. The minimum absolute atomic E-state index is 0.141. The van der Waals surface area contributed by atoms with Crippen molar-refractivity contribution in [2.75, 3.05) is 36.7 Å². The molecule has 3 aromatic rings. The van der Waals surface area contributed by atoms with Crippen molar-refractivity contribution in [2.45, 2.75) is 69.6 Å². The summed E-state index contributed by atoms with van der Waals surface area (Å²) in [6.45, 7) is 0. The number of para-hydroxylation sites is 1. The Morgan fingerprint density at radius 1 is 0.921 bits per heavy atom. The fourth-order valence-electron chi connectivity index (χ4n) is 5.58. The predicted molar refractivity (Wildman–Crippen MR) is 154 cm³/mol. The first-order valence-corrected chi connectivity index (χ1v) is 13.7. The molecule has 8 heteroatoms. The molecule has 0 atom stereocenters. The van der Waals surface area contributed by atoms with Crippen LogP contribution >= 0.6 is 0 Å². The number of aromatic nitrogens is 1. The minimum atomic E-state index is -0.190. The molecule has 2 aromatic carbocycles. The number of nitrogens with zero attached hydrogens (tertiary/aromatic N) is 2. The summed E-state index contributed by atoms with van der Waals surface area (Å²) in [5.41, 5.74) is 2.84. The highest BCUT2D eigenvalue weighted by atomic mass is 16.5. The van der Waals surface area contributed by atoms with E-state index in [0.29, 0.717) is 23.2 Å². The van der Waals surface area contributed by atoms with Gasteiger partial charge in [0.15, 0.2) is 11.5 Å². The highest BCUT2D eigenvalue weighted by Gasteiger charge is 2.24. The molecule has 1 heterocycles. The topological polar surface area (TPSA) is 87.8 Å². The standard InChI is InChI=1S/C30H39N5O3/c1-35(2)26-19-29(34-25-11-7-6-10-24(25)26)31-20-12-14-21(15-13-20)32-30(36)33-22-16-17-27(37-3)28(18-22)38-23-8-4-5-9-23/h6-7,10-11,16-21,23H,4-5,8-9,12-15H2,1-3H3,(H,31,34)(H2,32,33,36)/t20-,21+. The molecule has 1 aromatic heterocycles. The molecule has 0 unspecified atom stereocenters. The quantitative estimate of drug-likeness (QED) is 0.331. The smallest absolute Gasteiger partial charge is 0.319 e. The Labute approximate surface area is 225 Å². The maximum atomic E-state index is 12.8. The zero-order chi connectivity index (χ0) is 26.5. The van der Waals surface area contributed by atoms with E-state index in [1.54, 1.807) is 7.11 Å². The van der Waals surface area contributed by atoms with Crippen LogP contribution < -0.4 is 30.3 Å². The van der Waals surface area contributed by atoms with Gasteiger partial charge in [-0.3, -0.25) is 0 Å². The van der Waals surface area contributed by atoms with Crippen LogP contribution in [0.25, 0.3) is 10.9 Å². The monoisotopic (exact) mass is 517 g/mol. The number of urea groups is 1. The number of benzene rings is 2. The first kappa shape index (κ1) is 25.9. The molecule has 3 N–H and O–H groups in total. The molecule has 0 saturated heterocycles. The number of fused-ring (bicyclic) bond motifs is 1. The summed E-state index contributed by atoms with van der Waals surface area (Å²) in [6, 6.07) is 16.2. The van der Waals surface area contributed by atoms with Gasteiger partial charge in [0.2, 0.25) is 0 Å². The van der Waals surface area contributed by atoms with Crippen molar-refractivity contribution in [3.8, 4) is 11.5 Å². The van der Waals surface area contributed by atoms with Crippen LogP contribution in [-0.4, -0.2) is 50.4 Å². The van der Waals surface area contributed by atoms with E-state index in [4.69, 9.17) is 14.5 Å². The maximum absolute atomic E-state index is 12.8. The Morgan fingerprint density at radius 2 is 1.66 bits per heavy atom. The van der Waals surface area contributed by atoms with Crippen molar-refractivity contribution in [1.82, 2.24) is 10.3 Å². The second-order valence-corrected chi connectivity index (χ2v) is 10.6. The number of rotatable bonds is 8. The third-order valence-electron chi connectivity index (χ3n) is 7.61. The molecule has 5 rings (SSSR count). The van der Waals surface area contributed by atoms with Gasteiger partial charge < -0.3 is 30.3 Å². The van der Waals surface area contributed by atoms with Gasteiger partial charge in [-0.25, -0.2) is 9.78 Å². The van der Waals surface area contributed by atoms with Crippen LogP contribution in [0.3, 0.4) is 0 Å². The zero-order valence-electron chi connectivity index (χ0n) is 22.6. The number of hydrogen-bond donors (Lipinski definition) is 3. The number of carbonyl (C=O) groups is 1. The van der Waals surface area contributed by atoms with E-state index in [2.05, 4.69) is 53.1 Å². The first-order valence-electron chi connectivity index (χ1n) is 13.7. The number of nitrogens with one attached hydrogen (secondary N) is 3. The summed E-state index contributed by atoms with van der Waals surface area (Å²) in [5.74, 6) is 2.27. The molecule has 0 bridgehead atoms. The molecule has 2 fully saturated rings. The van der Waals surface area contributed by atoms with Crippen LogP contribution in [0.4, 0.5) is 22.0 Å². The van der Waals surface area contributed by atoms with Crippen LogP contribution in [0.5, 0.6) is 11.5 Å². The van der Waals surface area contributed by atoms with Gasteiger partial charge in [0.05, 0.1) is 18.7 Å². The van der Waals surface area contributed by atoms with Gasteiger partial charge in [0.25, 0.3) is 0 Å². The predicted octanol–water partition coefficient (Wildman–Crippen LogP) is 6.18. The lowest BCUT2D eigenvalue weighted by molar-refractivity contribution is 0.201. The summed E-state index contributed by atoms with van der Waals surface area (Å²) in [7, 11) is 5.75. The third kappa shape index (κ3) is 6.23. The van der Waals surface area contributed by atoms with Crippen LogP contribution in [0.1, 0.15) is 51.4 Å². The summed E-state index contributed by atoms with van der Waals surface area (Å²) in [5, 5.41) is 10.9. The lowest BCUT2D eigenvalue weighted by Crippen LogP contribution is -2.42. The normalized spacial score (nSPS) is 19.7. The number of pyridine rings is 1. The van der Waals surface area contributed by atoms with Gasteiger partial charge >= 0.3 is 6.03 Å². The van der Waals surface area contributed by atoms with E-state index in [-0.39, 0.29) is 18.2 Å². The molecule has 202 valence electrons. The molecule has 0 aliphatic heterocycles. The number of methoxy groups -OCH3 is 1. The van der Waals surface area contributed by atoms with Gasteiger partial charge in [-0.1, -0.05) is 18.2 Å². The third-order valence-corrected chi connectivity index (χ3v) is 7.61. The fourth-order valence-corrected chi connectivity index (χ4v) is 5.58. The fraction of sp³-hybridized carbons (Fsp3) is 0.467. The van der Waals surface area contributed by atoms with Crippen molar-refractivity contribution in [3.05, 3.63) is 48.5 Å². The average Bonchev–Trinajstić information content (AvgIpc) is 3.42. The van der Waals surface area contributed by atoms with E-state index in [1.165, 1.54) is 12.8 Å². The molecule has 38 heavy (non-hydrogen) atoms. The molecule has 8 nitrogen and oxygen atoms in total. The van der Waals surface area contributed by atoms with E-state index in [0.717, 1.165) is 60.9 Å². The SMILES string of the molecule is COc1ccc(NC(=O)N[C@H]2CC[C@@H](Nc3cc(N(C)C)c4ccccc4n3)CC2)cc1OC1CCCC1. The summed E-state index contributed by atoms with van der Waals surface area (Å²) < 4.78 is 11.6. The van der Waals surface area contributed by atoms with E-state index in [9.17, 15) is 4.79 Å². The Morgan fingerprint density at radius 3 is 2.39 bits per heavy atom. The molecular formula is C30H39N5O3. The second kappa shape index (κ2) is 11.8. The number of carbonyl (C=O) groups excluding carboxylic acids is 1. The van der Waals surface area contributed by atoms with Gasteiger partial charge in [0, 0.05) is 55.1 Å². The van der Waals surface area contributed by atoms with E-state index in [1.807, 2.05) is 30.3 Å². The van der Waals surface area contributed by atoms with Crippen molar-refractivity contribution >= 4 is 34.1 Å². The van der Waals surface area contributed by atoms with E-state index >= 15 is 0 Å². The van der Waals surface area contributed by atoms with Crippen LogP contribution in [-0.2, 0) is 0 Å². The van der Waals surface area contributed by atoms with Crippen LogP contribution in [0.2, 0.25) is 0 Å². The summed E-state index contributed by atoms with van der Waals surface area (Å²) in [6.07, 6.45) is 8.50. The minimum Gasteiger partial charge on any atom is -0.493 e. The molecule has 2 aliphatic carbocycles. The van der Waals surface area contributed by atoms with Crippen molar-refractivity contribution < 1.29 is 14.3 Å². The molecule has 2 amide bonds. The molecule has 2 saturated carbocycles. The highest BCUT2D eigenvalue weighted by Crippen LogP contribution is 2.34. The number of ether oxygens (including phenoxy) is 2.